The zero-order valence-electron chi connectivity index (χ0n) is 19.2. The van der Waals surface area contributed by atoms with E-state index in [1.165, 1.54) is 24.3 Å². The standard InChI is InChI=1S/C27H31F5O/c1-3-6-19(28)8-5-7-17-9-11-18(12-10-17)20-13-14-21(25(30)24(20)29)22-15-16-23(33-4-2)27(32)26(22)31/h8,13-18H,3-7,9-12H2,1-2H3/b19-8-. The van der Waals surface area contributed by atoms with Gasteiger partial charge in [-0.15, -0.1) is 0 Å². The predicted octanol–water partition coefficient (Wildman–Crippen LogP) is 9.02. The molecule has 1 aliphatic rings. The molecule has 1 saturated carbocycles. The van der Waals surface area contributed by atoms with Crippen molar-refractivity contribution in [1.29, 1.82) is 0 Å². The quantitative estimate of drug-likeness (QED) is 0.335. The average Bonchev–Trinajstić information content (AvgIpc) is 2.80. The van der Waals surface area contributed by atoms with Crippen molar-refractivity contribution in [3.8, 4) is 16.9 Å². The van der Waals surface area contributed by atoms with Crippen LogP contribution in [0.3, 0.4) is 0 Å². The van der Waals surface area contributed by atoms with E-state index in [1.807, 2.05) is 6.92 Å². The molecule has 1 aliphatic carbocycles. The molecule has 33 heavy (non-hydrogen) atoms. The lowest BCUT2D eigenvalue weighted by atomic mass is 9.77. The molecule has 2 aromatic carbocycles. The van der Waals surface area contributed by atoms with Gasteiger partial charge in [0.2, 0.25) is 5.82 Å². The zero-order valence-corrected chi connectivity index (χ0v) is 19.2. The highest BCUT2D eigenvalue weighted by atomic mass is 19.2. The van der Waals surface area contributed by atoms with Gasteiger partial charge in [-0.3, -0.25) is 0 Å². The summed E-state index contributed by atoms with van der Waals surface area (Å²) in [7, 11) is 0. The van der Waals surface area contributed by atoms with E-state index in [9.17, 15) is 22.0 Å². The van der Waals surface area contributed by atoms with Gasteiger partial charge in [0.1, 0.15) is 0 Å². The van der Waals surface area contributed by atoms with Gasteiger partial charge in [0, 0.05) is 11.1 Å². The van der Waals surface area contributed by atoms with E-state index in [1.54, 1.807) is 13.0 Å². The van der Waals surface area contributed by atoms with Crippen LogP contribution in [0, 0.1) is 29.2 Å². The second-order valence-corrected chi connectivity index (χ2v) is 8.70. The van der Waals surface area contributed by atoms with Gasteiger partial charge in [-0.05, 0) is 87.8 Å². The molecular weight excluding hydrogens is 435 g/mol. The molecule has 0 aliphatic heterocycles. The fourth-order valence-electron chi connectivity index (χ4n) is 4.67. The molecule has 0 spiro atoms. The second kappa shape index (κ2) is 11.7. The lowest BCUT2D eigenvalue weighted by Gasteiger charge is -2.29. The molecular formula is C27H31F5O. The highest BCUT2D eigenvalue weighted by molar-refractivity contribution is 5.66. The molecule has 180 valence electrons. The van der Waals surface area contributed by atoms with Gasteiger partial charge in [0.15, 0.2) is 23.2 Å². The molecule has 0 unspecified atom stereocenters. The van der Waals surface area contributed by atoms with E-state index in [0.29, 0.717) is 31.6 Å². The van der Waals surface area contributed by atoms with Crippen LogP contribution in [0.1, 0.15) is 76.7 Å². The van der Waals surface area contributed by atoms with Crippen LogP contribution < -0.4 is 4.74 Å². The normalized spacial score (nSPS) is 19.1. The smallest absolute Gasteiger partial charge is 0.201 e. The number of allylic oxidation sites excluding steroid dienone is 2. The van der Waals surface area contributed by atoms with Crippen LogP contribution in [0.2, 0.25) is 0 Å². The lowest BCUT2D eigenvalue weighted by molar-refractivity contribution is 0.305. The zero-order chi connectivity index (χ0) is 24.0. The van der Waals surface area contributed by atoms with Crippen molar-refractivity contribution >= 4 is 0 Å². The van der Waals surface area contributed by atoms with E-state index in [-0.39, 0.29) is 40.8 Å². The summed E-state index contributed by atoms with van der Waals surface area (Å²) in [5.41, 5.74) is -0.383. The van der Waals surface area contributed by atoms with Gasteiger partial charge in [-0.25, -0.2) is 17.6 Å². The molecule has 1 fully saturated rings. The van der Waals surface area contributed by atoms with E-state index in [0.717, 1.165) is 25.7 Å². The van der Waals surface area contributed by atoms with Crippen LogP contribution in [0.25, 0.3) is 11.1 Å². The second-order valence-electron chi connectivity index (χ2n) is 8.70. The molecule has 1 nitrogen and oxygen atoms in total. The Bertz CT molecular complexity index is 977. The van der Waals surface area contributed by atoms with Crippen LogP contribution in [0.15, 0.2) is 36.2 Å². The van der Waals surface area contributed by atoms with Crippen molar-refractivity contribution in [1.82, 2.24) is 0 Å². The largest absolute Gasteiger partial charge is 0.491 e. The molecule has 0 atom stereocenters. The minimum atomic E-state index is -1.27. The monoisotopic (exact) mass is 466 g/mol. The van der Waals surface area contributed by atoms with Crippen LogP contribution in [0.5, 0.6) is 5.75 Å². The number of ether oxygens (including phenoxy) is 1. The summed E-state index contributed by atoms with van der Waals surface area (Å²) in [5, 5.41) is 0. The van der Waals surface area contributed by atoms with Gasteiger partial charge in [-0.2, -0.15) is 4.39 Å². The summed E-state index contributed by atoms with van der Waals surface area (Å²) < 4.78 is 77.1. The van der Waals surface area contributed by atoms with Crippen molar-refractivity contribution in [3.63, 3.8) is 0 Å². The maximum absolute atomic E-state index is 15.0. The Labute approximate surface area is 192 Å². The summed E-state index contributed by atoms with van der Waals surface area (Å²) in [6.45, 7) is 3.73. The van der Waals surface area contributed by atoms with Gasteiger partial charge in [0.25, 0.3) is 0 Å². The summed E-state index contributed by atoms with van der Waals surface area (Å²) in [4.78, 5) is 0. The van der Waals surface area contributed by atoms with Crippen molar-refractivity contribution in [2.45, 2.75) is 71.1 Å². The van der Waals surface area contributed by atoms with E-state index >= 15 is 0 Å². The van der Waals surface area contributed by atoms with Crippen molar-refractivity contribution in [2.75, 3.05) is 6.61 Å². The van der Waals surface area contributed by atoms with Gasteiger partial charge in [0.05, 0.1) is 12.4 Å². The molecule has 0 amide bonds. The molecule has 0 heterocycles. The van der Waals surface area contributed by atoms with Crippen molar-refractivity contribution < 1.29 is 26.7 Å². The van der Waals surface area contributed by atoms with Gasteiger partial charge < -0.3 is 4.74 Å². The Hall–Kier alpha value is -2.37. The minimum Gasteiger partial charge on any atom is -0.491 e. The average molecular weight is 467 g/mol. The Morgan fingerprint density at radius 2 is 1.52 bits per heavy atom. The lowest BCUT2D eigenvalue weighted by Crippen LogP contribution is -2.15. The fraction of sp³-hybridized carbons (Fsp3) is 0.481. The number of benzene rings is 2. The van der Waals surface area contributed by atoms with E-state index in [2.05, 4.69) is 0 Å². The van der Waals surface area contributed by atoms with Gasteiger partial charge in [-0.1, -0.05) is 25.1 Å². The van der Waals surface area contributed by atoms with Crippen molar-refractivity contribution in [3.05, 3.63) is 65.0 Å². The summed E-state index contributed by atoms with van der Waals surface area (Å²) in [5.74, 6) is -4.68. The van der Waals surface area contributed by atoms with Crippen molar-refractivity contribution in [2.24, 2.45) is 5.92 Å². The SMILES string of the molecule is CCC/C(F)=C/CCC1CCC(c2ccc(-c3ccc(OCC)c(F)c3F)c(F)c2F)CC1. The van der Waals surface area contributed by atoms with E-state index < -0.39 is 23.3 Å². The first-order valence-electron chi connectivity index (χ1n) is 11.8. The third-order valence-corrected chi connectivity index (χ3v) is 6.47. The topological polar surface area (TPSA) is 9.23 Å². The minimum absolute atomic E-state index is 0.0623. The first-order valence-corrected chi connectivity index (χ1v) is 11.8. The summed E-state index contributed by atoms with van der Waals surface area (Å²) in [6.07, 6.45) is 7.68. The molecule has 0 N–H and O–H groups in total. The first kappa shape index (κ1) is 25.3. The Balaban J connectivity index is 1.69. The van der Waals surface area contributed by atoms with Crippen LogP contribution in [0.4, 0.5) is 22.0 Å². The maximum atomic E-state index is 15.0. The van der Waals surface area contributed by atoms with Crippen LogP contribution >= 0.6 is 0 Å². The molecule has 0 bridgehead atoms. The number of hydrogen-bond acceptors (Lipinski definition) is 1. The molecule has 0 radical (unpaired) electrons. The molecule has 6 heteroatoms. The molecule has 3 rings (SSSR count). The third-order valence-electron chi connectivity index (χ3n) is 6.47. The molecule has 0 saturated heterocycles. The third kappa shape index (κ3) is 5.96. The van der Waals surface area contributed by atoms with Crippen LogP contribution in [-0.2, 0) is 0 Å². The highest BCUT2D eigenvalue weighted by Crippen LogP contribution is 2.41. The summed E-state index contributed by atoms with van der Waals surface area (Å²) >= 11 is 0. The number of hydrogen-bond donors (Lipinski definition) is 0. The van der Waals surface area contributed by atoms with Crippen LogP contribution in [-0.4, -0.2) is 6.61 Å². The molecule has 2 aromatic rings. The number of rotatable bonds is 9. The highest BCUT2D eigenvalue weighted by Gasteiger charge is 2.27. The predicted molar refractivity (Wildman–Crippen MR) is 121 cm³/mol. The van der Waals surface area contributed by atoms with Gasteiger partial charge >= 0.3 is 0 Å². The maximum Gasteiger partial charge on any atom is 0.201 e. The van der Waals surface area contributed by atoms with E-state index in [4.69, 9.17) is 4.74 Å². The Morgan fingerprint density at radius 3 is 2.15 bits per heavy atom. The first-order chi connectivity index (χ1) is 15.9. The Kier molecular flexibility index (Phi) is 8.93. The Morgan fingerprint density at radius 1 is 0.879 bits per heavy atom. The fourth-order valence-corrected chi connectivity index (χ4v) is 4.67. The molecule has 0 aromatic heterocycles. The number of halogens is 5. The summed E-state index contributed by atoms with van der Waals surface area (Å²) in [6, 6.07) is 5.21.